The molecule has 1 N–H and O–H groups in total. The van der Waals surface area contributed by atoms with Crippen molar-refractivity contribution in [2.45, 2.75) is 65.3 Å². The number of hydrogen-bond acceptors (Lipinski definition) is 6. The minimum absolute atomic E-state index is 0.0372. The Hall–Kier alpha value is -2.36. The second-order valence-corrected chi connectivity index (χ2v) is 7.02. The average Bonchev–Trinajstić information content (AvgIpc) is 3.04. The molecule has 0 radical (unpaired) electrons. The van der Waals surface area contributed by atoms with Gasteiger partial charge in [-0.05, 0) is 27.2 Å². The molecule has 1 aliphatic rings. The SMILES string of the molecule is CC[C@@H](Nc1ncnc2c1nc(C(F)F)n2CC)C(=O)N1CC(C)OC(C)C1. The normalized spacial score (nSPS) is 21.3. The smallest absolute Gasteiger partial charge is 0.295 e. The molecular formula is C18H26F2N6O2. The number of aryl methyl sites for hydroxylation is 1. The van der Waals surface area contributed by atoms with Gasteiger partial charge in [0.05, 0.1) is 12.2 Å². The molecule has 1 amide bonds. The van der Waals surface area contributed by atoms with Gasteiger partial charge in [-0.15, -0.1) is 0 Å². The summed E-state index contributed by atoms with van der Waals surface area (Å²) in [6, 6.07) is -0.544. The molecule has 154 valence electrons. The topological polar surface area (TPSA) is 85.2 Å². The molecule has 0 bridgehead atoms. The van der Waals surface area contributed by atoms with E-state index in [2.05, 4.69) is 20.3 Å². The highest BCUT2D eigenvalue weighted by Crippen LogP contribution is 2.27. The summed E-state index contributed by atoms with van der Waals surface area (Å²) in [7, 11) is 0. The number of halogens is 2. The Kier molecular flexibility index (Phi) is 6.07. The predicted molar refractivity (Wildman–Crippen MR) is 100 cm³/mol. The van der Waals surface area contributed by atoms with Crippen molar-refractivity contribution in [3.63, 3.8) is 0 Å². The van der Waals surface area contributed by atoms with Crippen molar-refractivity contribution in [1.82, 2.24) is 24.4 Å². The van der Waals surface area contributed by atoms with E-state index in [1.165, 1.54) is 10.9 Å². The first-order chi connectivity index (χ1) is 13.3. The van der Waals surface area contributed by atoms with Gasteiger partial charge >= 0.3 is 0 Å². The Labute approximate surface area is 162 Å². The zero-order valence-corrected chi connectivity index (χ0v) is 16.5. The highest BCUT2D eigenvalue weighted by Gasteiger charge is 2.31. The highest BCUT2D eigenvalue weighted by molar-refractivity contribution is 5.89. The van der Waals surface area contributed by atoms with E-state index in [9.17, 15) is 13.6 Å². The van der Waals surface area contributed by atoms with E-state index in [-0.39, 0.29) is 35.3 Å². The van der Waals surface area contributed by atoms with E-state index < -0.39 is 12.5 Å². The highest BCUT2D eigenvalue weighted by atomic mass is 19.3. The molecule has 1 aliphatic heterocycles. The number of rotatable bonds is 6. The van der Waals surface area contributed by atoms with E-state index in [1.54, 1.807) is 11.8 Å². The second-order valence-electron chi connectivity index (χ2n) is 7.02. The quantitative estimate of drug-likeness (QED) is 0.808. The van der Waals surface area contributed by atoms with Crippen molar-refractivity contribution in [1.29, 1.82) is 0 Å². The summed E-state index contributed by atoms with van der Waals surface area (Å²) in [6.45, 7) is 8.84. The van der Waals surface area contributed by atoms with Crippen LogP contribution in [0.25, 0.3) is 11.2 Å². The molecule has 2 unspecified atom stereocenters. The molecule has 0 aliphatic carbocycles. The first kappa shape index (κ1) is 20.4. The van der Waals surface area contributed by atoms with Crippen molar-refractivity contribution in [3.8, 4) is 0 Å². The summed E-state index contributed by atoms with van der Waals surface area (Å²) in [5.74, 6) is -0.134. The second kappa shape index (κ2) is 8.34. The molecule has 3 heterocycles. The fourth-order valence-corrected chi connectivity index (χ4v) is 3.62. The lowest BCUT2D eigenvalue weighted by atomic mass is 10.1. The van der Waals surface area contributed by atoms with E-state index in [0.29, 0.717) is 31.7 Å². The van der Waals surface area contributed by atoms with Gasteiger partial charge in [-0.25, -0.2) is 23.7 Å². The van der Waals surface area contributed by atoms with Crippen molar-refractivity contribution in [3.05, 3.63) is 12.2 Å². The monoisotopic (exact) mass is 396 g/mol. The Morgan fingerprint density at radius 1 is 1.29 bits per heavy atom. The van der Waals surface area contributed by atoms with Crippen LogP contribution < -0.4 is 5.32 Å². The number of fused-ring (bicyclic) bond motifs is 1. The lowest BCUT2D eigenvalue weighted by Crippen LogP contribution is -2.52. The van der Waals surface area contributed by atoms with Crippen molar-refractivity contribution in [2.75, 3.05) is 18.4 Å². The van der Waals surface area contributed by atoms with Crippen LogP contribution in [0.3, 0.4) is 0 Å². The third-order valence-electron chi connectivity index (χ3n) is 4.82. The summed E-state index contributed by atoms with van der Waals surface area (Å²) >= 11 is 0. The molecular weight excluding hydrogens is 370 g/mol. The van der Waals surface area contributed by atoms with Crippen LogP contribution >= 0.6 is 0 Å². The van der Waals surface area contributed by atoms with Gasteiger partial charge in [0.2, 0.25) is 5.91 Å². The minimum atomic E-state index is -2.72. The van der Waals surface area contributed by atoms with Crippen LogP contribution in [0.2, 0.25) is 0 Å². The van der Waals surface area contributed by atoms with Gasteiger partial charge in [0.25, 0.3) is 6.43 Å². The molecule has 2 aromatic heterocycles. The predicted octanol–water partition coefficient (Wildman–Crippen LogP) is 2.61. The Morgan fingerprint density at radius 2 is 1.96 bits per heavy atom. The van der Waals surface area contributed by atoms with Crippen LogP contribution in [0.15, 0.2) is 6.33 Å². The molecule has 1 saturated heterocycles. The number of aromatic nitrogens is 4. The largest absolute Gasteiger partial charge is 0.372 e. The number of carbonyl (C=O) groups excluding carboxylic acids is 1. The van der Waals surface area contributed by atoms with Gasteiger partial charge in [0, 0.05) is 19.6 Å². The number of morpholine rings is 1. The minimum Gasteiger partial charge on any atom is -0.372 e. The zero-order valence-electron chi connectivity index (χ0n) is 16.5. The molecule has 0 aromatic carbocycles. The lowest BCUT2D eigenvalue weighted by molar-refractivity contribution is -0.144. The lowest BCUT2D eigenvalue weighted by Gasteiger charge is -2.37. The van der Waals surface area contributed by atoms with Gasteiger partial charge in [0.15, 0.2) is 22.8 Å². The van der Waals surface area contributed by atoms with E-state index in [1.807, 2.05) is 20.8 Å². The van der Waals surface area contributed by atoms with Crippen LogP contribution in [0.1, 0.15) is 46.4 Å². The zero-order chi connectivity index (χ0) is 20.4. The number of imidazole rings is 1. The van der Waals surface area contributed by atoms with E-state index >= 15 is 0 Å². The van der Waals surface area contributed by atoms with Crippen LogP contribution in [-0.4, -0.2) is 61.7 Å². The molecule has 10 heteroatoms. The fourth-order valence-electron chi connectivity index (χ4n) is 3.62. The third kappa shape index (κ3) is 3.91. The van der Waals surface area contributed by atoms with Crippen LogP contribution in [0.4, 0.5) is 14.6 Å². The van der Waals surface area contributed by atoms with Crippen molar-refractivity contribution in [2.24, 2.45) is 0 Å². The molecule has 3 atom stereocenters. The maximum absolute atomic E-state index is 13.3. The number of hydrogen-bond donors (Lipinski definition) is 1. The molecule has 3 rings (SSSR count). The van der Waals surface area contributed by atoms with E-state index in [0.717, 1.165) is 0 Å². The maximum Gasteiger partial charge on any atom is 0.295 e. The summed E-state index contributed by atoms with van der Waals surface area (Å²) in [6.07, 6.45) is -0.985. The van der Waals surface area contributed by atoms with Crippen LogP contribution in [-0.2, 0) is 16.1 Å². The number of alkyl halides is 2. The Bertz CT molecular complexity index is 833. The van der Waals surface area contributed by atoms with Crippen molar-refractivity contribution < 1.29 is 18.3 Å². The number of carbonyl (C=O) groups is 1. The molecule has 0 spiro atoms. The summed E-state index contributed by atoms with van der Waals surface area (Å²) in [4.78, 5) is 27.1. The molecule has 8 nitrogen and oxygen atoms in total. The van der Waals surface area contributed by atoms with Crippen molar-refractivity contribution >= 4 is 22.9 Å². The Balaban J connectivity index is 1.88. The third-order valence-corrected chi connectivity index (χ3v) is 4.82. The van der Waals surface area contributed by atoms with Crippen LogP contribution in [0, 0.1) is 0 Å². The van der Waals surface area contributed by atoms with Crippen LogP contribution in [0.5, 0.6) is 0 Å². The van der Waals surface area contributed by atoms with Gasteiger partial charge in [0.1, 0.15) is 12.4 Å². The first-order valence-corrected chi connectivity index (χ1v) is 9.55. The Morgan fingerprint density at radius 3 is 2.54 bits per heavy atom. The van der Waals surface area contributed by atoms with Gasteiger partial charge in [-0.2, -0.15) is 0 Å². The van der Waals surface area contributed by atoms with Gasteiger partial charge in [-0.1, -0.05) is 6.92 Å². The summed E-state index contributed by atoms with van der Waals surface area (Å²) in [5.41, 5.74) is 0.570. The first-order valence-electron chi connectivity index (χ1n) is 9.55. The van der Waals surface area contributed by atoms with E-state index in [4.69, 9.17) is 4.74 Å². The van der Waals surface area contributed by atoms with Gasteiger partial charge in [-0.3, -0.25) is 4.79 Å². The molecule has 28 heavy (non-hydrogen) atoms. The molecule has 1 fully saturated rings. The molecule has 2 aromatic rings. The number of anilines is 1. The number of amides is 1. The fraction of sp³-hybridized carbons (Fsp3) is 0.667. The summed E-state index contributed by atoms with van der Waals surface area (Å²) < 4.78 is 33.7. The molecule has 0 saturated carbocycles. The number of nitrogens with zero attached hydrogens (tertiary/aromatic N) is 5. The van der Waals surface area contributed by atoms with Gasteiger partial charge < -0.3 is 19.5 Å². The maximum atomic E-state index is 13.3. The number of ether oxygens (including phenoxy) is 1. The average molecular weight is 396 g/mol. The summed E-state index contributed by atoms with van der Waals surface area (Å²) in [5, 5.41) is 3.10. The standard InChI is InChI=1S/C18H26F2N6O2/c1-5-12(18(27)25-7-10(3)28-11(4)8-25)23-15-13-16(22-9-21-15)26(6-2)17(24-13)14(19)20/h9-12,14H,5-8H2,1-4H3,(H,21,22,23)/t10?,11?,12-/m1/s1. The number of nitrogens with one attached hydrogen (secondary N) is 1.